The molecular weight excluding hydrogens is 326 g/mol. The van der Waals surface area contributed by atoms with Crippen LogP contribution in [0.5, 0.6) is 0 Å². The molecule has 2 saturated carbocycles. The maximum atomic E-state index is 13.0. The Kier molecular flexibility index (Phi) is 6.96. The number of carbonyl (C=O) groups excluding carboxylic acids is 2. The van der Waals surface area contributed by atoms with Gasteiger partial charge in [-0.2, -0.15) is 0 Å². The summed E-state index contributed by atoms with van der Waals surface area (Å²) in [6, 6.07) is 0.00520. The van der Waals surface area contributed by atoms with E-state index in [-0.39, 0.29) is 17.9 Å². The molecule has 1 atom stereocenters. The first kappa shape index (κ1) is 19.7. The second-order valence-corrected chi connectivity index (χ2v) is 8.95. The van der Waals surface area contributed by atoms with Crippen molar-refractivity contribution in [3.05, 3.63) is 0 Å². The quantitative estimate of drug-likeness (QED) is 0.756. The Balaban J connectivity index is 1.55. The van der Waals surface area contributed by atoms with Crippen LogP contribution in [0, 0.1) is 17.8 Å². The summed E-state index contributed by atoms with van der Waals surface area (Å²) in [5.41, 5.74) is 0. The summed E-state index contributed by atoms with van der Waals surface area (Å²) >= 11 is 0. The number of nitrogens with zero attached hydrogens (tertiary/aromatic N) is 2. The number of rotatable bonds is 7. The molecule has 5 nitrogen and oxygen atoms in total. The number of hydrogen-bond acceptors (Lipinski definition) is 3. The maximum Gasteiger partial charge on any atom is 0.237 e. The van der Waals surface area contributed by atoms with Crippen LogP contribution >= 0.6 is 0 Å². The average Bonchev–Trinajstić information content (AvgIpc) is 3.08. The molecule has 1 saturated heterocycles. The molecule has 0 bridgehead atoms. The molecule has 1 heterocycles. The van der Waals surface area contributed by atoms with Crippen LogP contribution in [0.25, 0.3) is 0 Å². The van der Waals surface area contributed by atoms with E-state index in [2.05, 4.69) is 24.1 Å². The maximum absolute atomic E-state index is 13.0. The van der Waals surface area contributed by atoms with Crippen LogP contribution in [0.2, 0.25) is 0 Å². The molecule has 0 radical (unpaired) electrons. The Morgan fingerprint density at radius 2 is 1.62 bits per heavy atom. The van der Waals surface area contributed by atoms with Crippen molar-refractivity contribution in [1.29, 1.82) is 0 Å². The molecule has 0 unspecified atom stereocenters. The Hall–Kier alpha value is -1.10. The van der Waals surface area contributed by atoms with Gasteiger partial charge in [-0.15, -0.1) is 0 Å². The van der Waals surface area contributed by atoms with E-state index in [1.165, 1.54) is 32.1 Å². The number of hydrogen-bond donors (Lipinski definition) is 1. The topological polar surface area (TPSA) is 52.7 Å². The van der Waals surface area contributed by atoms with Gasteiger partial charge >= 0.3 is 0 Å². The van der Waals surface area contributed by atoms with Crippen molar-refractivity contribution in [2.45, 2.75) is 71.3 Å². The molecule has 5 heteroatoms. The zero-order valence-electron chi connectivity index (χ0n) is 16.7. The number of piperazine rings is 1. The minimum absolute atomic E-state index is 0.00520. The lowest BCUT2D eigenvalue weighted by Crippen LogP contribution is -2.58. The van der Waals surface area contributed by atoms with Crippen LogP contribution in [0.15, 0.2) is 0 Å². The van der Waals surface area contributed by atoms with Gasteiger partial charge in [0.05, 0.1) is 6.04 Å². The third-order valence-electron chi connectivity index (χ3n) is 6.61. The van der Waals surface area contributed by atoms with Gasteiger partial charge in [0.15, 0.2) is 0 Å². The van der Waals surface area contributed by atoms with E-state index in [0.29, 0.717) is 17.7 Å². The van der Waals surface area contributed by atoms with E-state index in [1.807, 2.05) is 4.90 Å². The summed E-state index contributed by atoms with van der Waals surface area (Å²) in [6.07, 6.45) is 9.22. The molecule has 3 aliphatic rings. The van der Waals surface area contributed by atoms with Crippen LogP contribution < -0.4 is 5.32 Å². The molecule has 2 aliphatic carbocycles. The average molecular weight is 364 g/mol. The van der Waals surface area contributed by atoms with Crippen molar-refractivity contribution >= 4 is 11.8 Å². The monoisotopic (exact) mass is 363 g/mol. The molecule has 1 aliphatic heterocycles. The van der Waals surface area contributed by atoms with Crippen molar-refractivity contribution in [1.82, 2.24) is 15.1 Å². The predicted octanol–water partition coefficient (Wildman–Crippen LogP) is 2.65. The first-order valence-corrected chi connectivity index (χ1v) is 10.9. The second kappa shape index (κ2) is 9.20. The molecule has 0 spiro atoms. The van der Waals surface area contributed by atoms with Crippen molar-refractivity contribution in [2.24, 2.45) is 17.8 Å². The molecule has 1 N–H and O–H groups in total. The highest BCUT2D eigenvalue weighted by molar-refractivity contribution is 5.82. The summed E-state index contributed by atoms with van der Waals surface area (Å²) in [4.78, 5) is 29.8. The zero-order chi connectivity index (χ0) is 18.5. The molecule has 2 amide bonds. The largest absolute Gasteiger partial charge is 0.355 e. The minimum atomic E-state index is 0.00520. The summed E-state index contributed by atoms with van der Waals surface area (Å²) in [6.45, 7) is 8.43. The van der Waals surface area contributed by atoms with Gasteiger partial charge in [-0.3, -0.25) is 14.5 Å². The number of nitrogens with one attached hydrogen (secondary N) is 1. The molecule has 0 aromatic heterocycles. The van der Waals surface area contributed by atoms with Crippen molar-refractivity contribution in [3.63, 3.8) is 0 Å². The van der Waals surface area contributed by atoms with Gasteiger partial charge in [0.2, 0.25) is 11.8 Å². The van der Waals surface area contributed by atoms with Crippen molar-refractivity contribution < 1.29 is 9.59 Å². The fraction of sp³-hybridized carbons (Fsp3) is 0.905. The Morgan fingerprint density at radius 1 is 0.962 bits per heavy atom. The SMILES string of the molecule is CC(C)CCNC(=O)[C@@H](C1CCCC1)N1CCN(C(=O)C2CCC2)CC1. The van der Waals surface area contributed by atoms with Crippen LogP contribution in [0.4, 0.5) is 0 Å². The van der Waals surface area contributed by atoms with Gasteiger partial charge in [0, 0.05) is 38.6 Å². The van der Waals surface area contributed by atoms with Gasteiger partial charge in [0.1, 0.15) is 0 Å². The van der Waals surface area contributed by atoms with E-state index in [1.54, 1.807) is 0 Å². The molecule has 0 aromatic carbocycles. The third kappa shape index (κ3) is 4.79. The number of carbonyl (C=O) groups is 2. The second-order valence-electron chi connectivity index (χ2n) is 8.95. The number of amides is 2. The fourth-order valence-electron chi connectivity index (χ4n) is 4.67. The van der Waals surface area contributed by atoms with Gasteiger partial charge in [-0.1, -0.05) is 33.1 Å². The predicted molar refractivity (Wildman–Crippen MR) is 104 cm³/mol. The van der Waals surface area contributed by atoms with Gasteiger partial charge < -0.3 is 10.2 Å². The highest BCUT2D eigenvalue weighted by Gasteiger charge is 2.38. The lowest BCUT2D eigenvalue weighted by molar-refractivity contribution is -0.141. The molecular formula is C21H37N3O2. The Bertz CT molecular complexity index is 476. The smallest absolute Gasteiger partial charge is 0.237 e. The lowest BCUT2D eigenvalue weighted by atomic mass is 9.84. The van der Waals surface area contributed by atoms with Crippen molar-refractivity contribution in [3.8, 4) is 0 Å². The van der Waals surface area contributed by atoms with E-state index in [9.17, 15) is 9.59 Å². The summed E-state index contributed by atoms with van der Waals surface area (Å²) in [5.74, 6) is 1.96. The fourth-order valence-corrected chi connectivity index (χ4v) is 4.67. The Labute approximate surface area is 158 Å². The first-order valence-electron chi connectivity index (χ1n) is 10.9. The molecule has 26 heavy (non-hydrogen) atoms. The van der Waals surface area contributed by atoms with Gasteiger partial charge in [-0.05, 0) is 43.9 Å². The first-order chi connectivity index (χ1) is 12.6. The standard InChI is InChI=1S/C21H37N3O2/c1-16(2)10-11-22-20(25)19(17-6-3-4-7-17)23-12-14-24(15-13-23)21(26)18-8-5-9-18/h16-19H,3-15H2,1-2H3,(H,22,25)/t19-/m1/s1. The van der Waals surface area contributed by atoms with Crippen LogP contribution in [0.3, 0.4) is 0 Å². The van der Waals surface area contributed by atoms with Gasteiger partial charge in [0.25, 0.3) is 0 Å². The van der Waals surface area contributed by atoms with Crippen LogP contribution in [-0.2, 0) is 9.59 Å². The van der Waals surface area contributed by atoms with E-state index < -0.39 is 0 Å². The minimum Gasteiger partial charge on any atom is -0.355 e. The summed E-state index contributed by atoms with van der Waals surface area (Å²) in [5, 5.41) is 3.20. The highest BCUT2D eigenvalue weighted by Crippen LogP contribution is 2.32. The van der Waals surface area contributed by atoms with Crippen molar-refractivity contribution in [2.75, 3.05) is 32.7 Å². The third-order valence-corrected chi connectivity index (χ3v) is 6.61. The lowest BCUT2D eigenvalue weighted by Gasteiger charge is -2.42. The molecule has 3 rings (SSSR count). The summed E-state index contributed by atoms with van der Waals surface area (Å²) in [7, 11) is 0. The normalized spacial score (nSPS) is 23.9. The molecule has 3 fully saturated rings. The van der Waals surface area contributed by atoms with E-state index in [0.717, 1.165) is 52.0 Å². The van der Waals surface area contributed by atoms with E-state index >= 15 is 0 Å². The van der Waals surface area contributed by atoms with Gasteiger partial charge in [-0.25, -0.2) is 0 Å². The van der Waals surface area contributed by atoms with E-state index in [4.69, 9.17) is 0 Å². The molecule has 148 valence electrons. The summed E-state index contributed by atoms with van der Waals surface area (Å²) < 4.78 is 0. The Morgan fingerprint density at radius 3 is 2.15 bits per heavy atom. The van der Waals surface area contributed by atoms with Crippen LogP contribution in [0.1, 0.15) is 65.2 Å². The van der Waals surface area contributed by atoms with Crippen LogP contribution in [-0.4, -0.2) is 60.4 Å². The highest BCUT2D eigenvalue weighted by atomic mass is 16.2. The zero-order valence-corrected chi connectivity index (χ0v) is 16.7. The molecule has 0 aromatic rings.